The second-order valence-electron chi connectivity index (χ2n) is 6.71. The largest absolute Gasteiger partial charge is 0.453 e. The first kappa shape index (κ1) is 20.9. The summed E-state index contributed by atoms with van der Waals surface area (Å²) in [5, 5.41) is 4.87. The van der Waals surface area contributed by atoms with E-state index < -0.39 is 23.2 Å². The molecule has 0 fully saturated rings. The highest BCUT2D eigenvalue weighted by Crippen LogP contribution is 2.36. The number of rotatable bonds is 6. The topological polar surface area (TPSA) is 84.5 Å². The van der Waals surface area contributed by atoms with E-state index in [9.17, 15) is 18.8 Å². The predicted molar refractivity (Wildman–Crippen MR) is 108 cm³/mol. The van der Waals surface area contributed by atoms with Crippen molar-refractivity contribution in [3.63, 3.8) is 0 Å². The van der Waals surface area contributed by atoms with Gasteiger partial charge in [0.05, 0.1) is 23.4 Å². The fourth-order valence-corrected chi connectivity index (χ4v) is 3.94. The van der Waals surface area contributed by atoms with Crippen molar-refractivity contribution < 1.29 is 23.5 Å². The second-order valence-corrected chi connectivity index (χ2v) is 7.95. The number of benzene rings is 2. The van der Waals surface area contributed by atoms with Crippen molar-refractivity contribution in [1.29, 1.82) is 0 Å². The lowest BCUT2D eigenvalue weighted by Gasteiger charge is -2.24. The van der Waals surface area contributed by atoms with Crippen LogP contribution in [-0.2, 0) is 19.1 Å². The van der Waals surface area contributed by atoms with E-state index >= 15 is 0 Å². The van der Waals surface area contributed by atoms with Gasteiger partial charge in [-0.15, -0.1) is 11.8 Å². The highest BCUT2D eigenvalue weighted by Gasteiger charge is 2.30. The van der Waals surface area contributed by atoms with Crippen LogP contribution in [0, 0.1) is 5.82 Å². The van der Waals surface area contributed by atoms with E-state index in [2.05, 4.69) is 10.6 Å². The number of carbonyl (C=O) groups is 3. The highest BCUT2D eigenvalue weighted by atomic mass is 32.2. The lowest BCUT2D eigenvalue weighted by Crippen LogP contribution is -2.38. The van der Waals surface area contributed by atoms with Gasteiger partial charge in [0, 0.05) is 4.90 Å². The maximum Gasteiger partial charge on any atom is 0.308 e. The van der Waals surface area contributed by atoms with Gasteiger partial charge < -0.3 is 15.4 Å². The molecule has 3 atom stereocenters. The smallest absolute Gasteiger partial charge is 0.308 e. The highest BCUT2D eigenvalue weighted by molar-refractivity contribution is 8.01. The number of nitrogens with one attached hydrogen (secondary N) is 2. The SMILES string of the molecule is C[C@H](NC(=O)[C@@H](C)OC(=O)C[C@H]1Sc2ccccc2NC1=O)c1ccc(F)cc1. The molecule has 1 aliphatic heterocycles. The van der Waals surface area contributed by atoms with E-state index in [1.54, 1.807) is 25.1 Å². The van der Waals surface area contributed by atoms with E-state index in [1.165, 1.54) is 30.8 Å². The average molecular weight is 416 g/mol. The summed E-state index contributed by atoms with van der Waals surface area (Å²) in [5.74, 6) is -1.73. The van der Waals surface area contributed by atoms with Gasteiger partial charge in [0.25, 0.3) is 5.91 Å². The minimum atomic E-state index is -1.02. The summed E-state index contributed by atoms with van der Waals surface area (Å²) in [7, 11) is 0. The Kier molecular flexibility index (Phi) is 6.53. The van der Waals surface area contributed by atoms with Crippen LogP contribution in [0.2, 0.25) is 0 Å². The number of thioether (sulfide) groups is 1. The second kappa shape index (κ2) is 9.09. The van der Waals surface area contributed by atoms with Crippen molar-refractivity contribution in [1.82, 2.24) is 5.32 Å². The molecule has 152 valence electrons. The van der Waals surface area contributed by atoms with Crippen LogP contribution in [0.15, 0.2) is 53.4 Å². The monoisotopic (exact) mass is 416 g/mol. The van der Waals surface area contributed by atoms with E-state index in [1.807, 2.05) is 18.2 Å². The number of anilines is 1. The van der Waals surface area contributed by atoms with Gasteiger partial charge in [-0.3, -0.25) is 14.4 Å². The molecular formula is C21H21FN2O4S. The Labute approximate surface area is 172 Å². The Morgan fingerprint density at radius 1 is 1.17 bits per heavy atom. The van der Waals surface area contributed by atoms with Gasteiger partial charge in [0.2, 0.25) is 5.91 Å². The molecule has 0 radical (unpaired) electrons. The molecule has 1 heterocycles. The van der Waals surface area contributed by atoms with Crippen LogP contribution in [0.25, 0.3) is 0 Å². The third-order valence-corrected chi connectivity index (χ3v) is 5.74. The number of ether oxygens (including phenoxy) is 1. The lowest BCUT2D eigenvalue weighted by molar-refractivity contribution is -0.155. The minimum absolute atomic E-state index is 0.143. The Morgan fingerprint density at radius 2 is 1.86 bits per heavy atom. The first-order chi connectivity index (χ1) is 13.8. The van der Waals surface area contributed by atoms with Crippen LogP contribution in [0.4, 0.5) is 10.1 Å². The number of hydrogen-bond acceptors (Lipinski definition) is 5. The van der Waals surface area contributed by atoms with Gasteiger partial charge in [-0.25, -0.2) is 4.39 Å². The normalized spacial score (nSPS) is 17.5. The zero-order chi connectivity index (χ0) is 21.0. The molecule has 0 aromatic heterocycles. The van der Waals surface area contributed by atoms with E-state index in [0.29, 0.717) is 0 Å². The summed E-state index contributed by atoms with van der Waals surface area (Å²) >= 11 is 1.29. The molecule has 0 aliphatic carbocycles. The van der Waals surface area contributed by atoms with E-state index in [0.717, 1.165) is 16.1 Å². The third kappa shape index (κ3) is 5.35. The molecule has 2 aromatic rings. The Morgan fingerprint density at radius 3 is 2.59 bits per heavy atom. The molecule has 0 spiro atoms. The van der Waals surface area contributed by atoms with Crippen LogP contribution in [0.1, 0.15) is 31.9 Å². The standard InChI is InChI=1S/C21H21FN2O4S/c1-12(14-7-9-15(22)10-8-14)23-20(26)13(2)28-19(25)11-18-21(27)24-16-5-3-4-6-17(16)29-18/h3-10,12-13,18H,11H2,1-2H3,(H,23,26)(H,24,27)/t12-,13+,18+/m0/s1. The van der Waals surface area contributed by atoms with E-state index in [-0.39, 0.29) is 24.2 Å². The molecule has 8 heteroatoms. The summed E-state index contributed by atoms with van der Waals surface area (Å²) in [6, 6.07) is 12.7. The molecule has 2 aromatic carbocycles. The zero-order valence-corrected chi connectivity index (χ0v) is 16.8. The van der Waals surface area contributed by atoms with Gasteiger partial charge in [-0.1, -0.05) is 24.3 Å². The third-order valence-electron chi connectivity index (χ3n) is 4.46. The Bertz CT molecular complexity index is 919. The van der Waals surface area contributed by atoms with E-state index in [4.69, 9.17) is 4.74 Å². The maximum absolute atomic E-state index is 13.0. The van der Waals surface area contributed by atoms with Crippen LogP contribution in [0.5, 0.6) is 0 Å². The van der Waals surface area contributed by atoms with Gasteiger partial charge in [-0.2, -0.15) is 0 Å². The molecule has 0 saturated heterocycles. The summed E-state index contributed by atoms with van der Waals surface area (Å²) in [5.41, 5.74) is 1.45. The summed E-state index contributed by atoms with van der Waals surface area (Å²) in [4.78, 5) is 37.6. The molecule has 0 unspecified atom stereocenters. The molecule has 2 N–H and O–H groups in total. The summed E-state index contributed by atoms with van der Waals surface area (Å²) in [6.45, 7) is 3.22. The first-order valence-electron chi connectivity index (χ1n) is 9.15. The number of amides is 2. The lowest BCUT2D eigenvalue weighted by atomic mass is 10.1. The number of hydrogen-bond donors (Lipinski definition) is 2. The molecular weight excluding hydrogens is 395 g/mol. The van der Waals surface area contributed by atoms with Crippen LogP contribution >= 0.6 is 11.8 Å². The quantitative estimate of drug-likeness (QED) is 0.705. The van der Waals surface area contributed by atoms with Crippen molar-refractivity contribution in [2.75, 3.05) is 5.32 Å². The van der Waals surface area contributed by atoms with Crippen LogP contribution in [-0.4, -0.2) is 29.1 Å². The molecule has 0 bridgehead atoms. The molecule has 3 rings (SSSR count). The maximum atomic E-state index is 13.0. The molecule has 0 saturated carbocycles. The number of esters is 1. The first-order valence-corrected chi connectivity index (χ1v) is 10.0. The molecule has 1 aliphatic rings. The van der Waals surface area contributed by atoms with Crippen molar-refractivity contribution >= 4 is 35.2 Å². The van der Waals surface area contributed by atoms with Crippen LogP contribution < -0.4 is 10.6 Å². The molecule has 2 amide bonds. The molecule has 29 heavy (non-hydrogen) atoms. The summed E-state index contributed by atoms with van der Waals surface area (Å²) < 4.78 is 18.2. The zero-order valence-electron chi connectivity index (χ0n) is 16.0. The van der Waals surface area contributed by atoms with Crippen molar-refractivity contribution in [2.24, 2.45) is 0 Å². The fourth-order valence-electron chi connectivity index (χ4n) is 2.84. The van der Waals surface area contributed by atoms with Crippen LogP contribution in [0.3, 0.4) is 0 Å². The average Bonchev–Trinajstić information content (AvgIpc) is 2.68. The summed E-state index contributed by atoms with van der Waals surface area (Å²) in [6.07, 6.45) is -1.16. The fraction of sp³-hybridized carbons (Fsp3) is 0.286. The van der Waals surface area contributed by atoms with Gasteiger partial charge in [0.1, 0.15) is 5.82 Å². The Hall–Kier alpha value is -2.87. The van der Waals surface area contributed by atoms with Gasteiger partial charge in [0.15, 0.2) is 6.10 Å². The Balaban J connectivity index is 1.51. The minimum Gasteiger partial charge on any atom is -0.453 e. The number of fused-ring (bicyclic) bond motifs is 1. The van der Waals surface area contributed by atoms with Gasteiger partial charge >= 0.3 is 5.97 Å². The predicted octanol–water partition coefficient (Wildman–Crippen LogP) is 3.44. The van der Waals surface area contributed by atoms with Gasteiger partial charge in [-0.05, 0) is 43.7 Å². The number of carbonyl (C=O) groups excluding carboxylic acids is 3. The molecule has 6 nitrogen and oxygen atoms in total. The number of para-hydroxylation sites is 1. The van der Waals surface area contributed by atoms with Crippen molar-refractivity contribution in [3.8, 4) is 0 Å². The van der Waals surface area contributed by atoms with Crippen molar-refractivity contribution in [2.45, 2.75) is 42.6 Å². The van der Waals surface area contributed by atoms with Crippen molar-refractivity contribution in [3.05, 3.63) is 59.9 Å². The number of halogens is 1.